The Morgan fingerprint density at radius 3 is 1.82 bits per heavy atom. The molecule has 3 aromatic carbocycles. The Bertz CT molecular complexity index is 1090. The number of rotatable bonds is 10. The van der Waals surface area contributed by atoms with E-state index in [1.807, 2.05) is 62.4 Å². The van der Waals surface area contributed by atoms with Crippen LogP contribution in [0.3, 0.4) is 0 Å². The number of aliphatic carboxylic acids is 1. The van der Waals surface area contributed by atoms with Gasteiger partial charge in [0.2, 0.25) is 5.91 Å². The Hall–Kier alpha value is -3.73. The Balaban J connectivity index is 1.84. The molecule has 2 N–H and O–H groups in total. The van der Waals surface area contributed by atoms with Crippen molar-refractivity contribution in [3.63, 3.8) is 0 Å². The molecule has 3 aromatic rings. The van der Waals surface area contributed by atoms with Gasteiger partial charge in [0.15, 0.2) is 5.78 Å². The molecule has 0 saturated carbocycles. The lowest BCUT2D eigenvalue weighted by molar-refractivity contribution is -0.151. The highest BCUT2D eigenvalue weighted by atomic mass is 16.4. The van der Waals surface area contributed by atoms with Crippen molar-refractivity contribution in [2.45, 2.75) is 33.1 Å². The quantitative estimate of drug-likeness (QED) is 0.294. The fraction of sp³-hybridized carbons (Fsp3) is 0.250. The van der Waals surface area contributed by atoms with Gasteiger partial charge in [-0.1, -0.05) is 86.6 Å². The van der Waals surface area contributed by atoms with Crippen molar-refractivity contribution in [2.24, 2.45) is 11.3 Å². The number of Topliss-reactive ketones (excluding diaryl/α,β-unsaturated/α-hetero) is 1. The molecule has 0 heterocycles. The molecular formula is C28H29NO4. The van der Waals surface area contributed by atoms with Crippen LogP contribution in [0.5, 0.6) is 0 Å². The minimum Gasteiger partial charge on any atom is -0.481 e. The van der Waals surface area contributed by atoms with Crippen LogP contribution in [0.1, 0.15) is 43.5 Å². The van der Waals surface area contributed by atoms with Crippen molar-refractivity contribution >= 4 is 23.3 Å². The minimum absolute atomic E-state index is 0.0239. The molecule has 33 heavy (non-hydrogen) atoms. The van der Waals surface area contributed by atoms with Gasteiger partial charge in [0.05, 0.1) is 0 Å². The molecular weight excluding hydrogens is 414 g/mol. The lowest BCUT2D eigenvalue weighted by atomic mass is 9.67. The van der Waals surface area contributed by atoms with Crippen LogP contribution >= 0.6 is 0 Å². The number of carboxylic acid groups (broad SMARTS) is 1. The van der Waals surface area contributed by atoms with Crippen LogP contribution in [0.25, 0.3) is 11.1 Å². The summed E-state index contributed by atoms with van der Waals surface area (Å²) in [6.45, 7) is 3.67. The summed E-state index contributed by atoms with van der Waals surface area (Å²) in [4.78, 5) is 38.5. The third kappa shape index (κ3) is 5.55. The van der Waals surface area contributed by atoms with Crippen LogP contribution in [-0.2, 0) is 9.59 Å². The number of nitrogens with one attached hydrogen (secondary N) is 1. The smallest absolute Gasteiger partial charge is 0.316 e. The molecule has 0 aromatic heterocycles. The van der Waals surface area contributed by atoms with Crippen LogP contribution < -0.4 is 5.32 Å². The number of hydrogen-bond acceptors (Lipinski definition) is 3. The lowest BCUT2D eigenvalue weighted by Crippen LogP contribution is -2.44. The van der Waals surface area contributed by atoms with E-state index >= 15 is 0 Å². The zero-order valence-corrected chi connectivity index (χ0v) is 19.0. The third-order valence-corrected chi connectivity index (χ3v) is 6.40. The van der Waals surface area contributed by atoms with Gasteiger partial charge in [0.1, 0.15) is 5.92 Å². The van der Waals surface area contributed by atoms with Crippen LogP contribution in [-0.4, -0.2) is 22.8 Å². The largest absolute Gasteiger partial charge is 0.481 e. The predicted molar refractivity (Wildman–Crippen MR) is 130 cm³/mol. The maximum Gasteiger partial charge on any atom is 0.316 e. The van der Waals surface area contributed by atoms with Crippen molar-refractivity contribution in [3.05, 3.63) is 90.5 Å². The molecule has 5 nitrogen and oxygen atoms in total. The number of hydrogen-bond donors (Lipinski definition) is 2. The van der Waals surface area contributed by atoms with E-state index in [-0.39, 0.29) is 12.2 Å². The Kier molecular flexibility index (Phi) is 7.78. The van der Waals surface area contributed by atoms with Crippen molar-refractivity contribution in [1.82, 2.24) is 0 Å². The number of benzene rings is 3. The standard InChI is InChI=1S/C28H29NO4/c1-3-28(4-2,25(27(32)33)26(31)29-23-13-9-6-10-14-23)19-24(30)22-17-15-21(16-18-22)20-11-7-5-8-12-20/h5-18,25H,3-4,19H2,1-2H3,(H,29,31)(H,32,33). The average molecular weight is 444 g/mol. The normalized spacial score (nSPS) is 12.1. The second-order valence-electron chi connectivity index (χ2n) is 8.24. The van der Waals surface area contributed by atoms with Gasteiger partial charge in [-0.25, -0.2) is 0 Å². The zero-order valence-electron chi connectivity index (χ0n) is 19.0. The average Bonchev–Trinajstić information content (AvgIpc) is 2.84. The molecule has 3 rings (SSSR count). The summed E-state index contributed by atoms with van der Waals surface area (Å²) >= 11 is 0. The fourth-order valence-corrected chi connectivity index (χ4v) is 4.30. The summed E-state index contributed by atoms with van der Waals surface area (Å²) in [6, 6.07) is 25.9. The SMILES string of the molecule is CCC(CC)(CC(=O)c1ccc(-c2ccccc2)cc1)C(C(=O)O)C(=O)Nc1ccccc1. The van der Waals surface area contributed by atoms with Crippen LogP contribution in [0.4, 0.5) is 5.69 Å². The Morgan fingerprint density at radius 2 is 1.30 bits per heavy atom. The first-order chi connectivity index (χ1) is 15.9. The molecule has 0 saturated heterocycles. The molecule has 170 valence electrons. The van der Waals surface area contributed by atoms with E-state index < -0.39 is 23.2 Å². The van der Waals surface area contributed by atoms with E-state index in [1.54, 1.807) is 36.4 Å². The van der Waals surface area contributed by atoms with Crippen molar-refractivity contribution in [2.75, 3.05) is 5.32 Å². The Morgan fingerprint density at radius 1 is 0.788 bits per heavy atom. The first-order valence-electron chi connectivity index (χ1n) is 11.2. The summed E-state index contributed by atoms with van der Waals surface area (Å²) < 4.78 is 0. The van der Waals surface area contributed by atoms with Gasteiger partial charge < -0.3 is 10.4 Å². The molecule has 0 aliphatic rings. The molecule has 1 amide bonds. The highest BCUT2D eigenvalue weighted by Crippen LogP contribution is 2.41. The van der Waals surface area contributed by atoms with E-state index in [0.717, 1.165) is 11.1 Å². The maximum atomic E-state index is 13.2. The van der Waals surface area contributed by atoms with Gasteiger partial charge in [0.25, 0.3) is 0 Å². The lowest BCUT2D eigenvalue weighted by Gasteiger charge is -2.36. The zero-order chi connectivity index (χ0) is 23.8. The molecule has 1 unspecified atom stereocenters. The first-order valence-corrected chi connectivity index (χ1v) is 11.2. The molecule has 0 radical (unpaired) electrons. The summed E-state index contributed by atoms with van der Waals surface area (Å²) in [5, 5.41) is 12.7. The van der Waals surface area contributed by atoms with Gasteiger partial charge in [-0.15, -0.1) is 0 Å². The summed E-state index contributed by atoms with van der Waals surface area (Å²) in [5.41, 5.74) is 2.08. The first kappa shape index (κ1) is 23.9. The number of amides is 1. The van der Waals surface area contributed by atoms with E-state index in [0.29, 0.717) is 24.1 Å². The van der Waals surface area contributed by atoms with Gasteiger partial charge in [-0.3, -0.25) is 14.4 Å². The molecule has 0 aliphatic carbocycles. The van der Waals surface area contributed by atoms with E-state index in [9.17, 15) is 19.5 Å². The van der Waals surface area contributed by atoms with E-state index in [2.05, 4.69) is 5.32 Å². The number of carboxylic acids is 1. The second kappa shape index (κ2) is 10.7. The monoisotopic (exact) mass is 443 g/mol. The highest BCUT2D eigenvalue weighted by Gasteiger charge is 2.46. The summed E-state index contributed by atoms with van der Waals surface area (Å²) in [5.74, 6) is -3.35. The van der Waals surface area contributed by atoms with Crippen LogP contribution in [0.15, 0.2) is 84.9 Å². The summed E-state index contributed by atoms with van der Waals surface area (Å²) in [7, 11) is 0. The van der Waals surface area contributed by atoms with Gasteiger partial charge in [-0.05, 0) is 41.5 Å². The topological polar surface area (TPSA) is 83.5 Å². The van der Waals surface area contributed by atoms with Gasteiger partial charge in [-0.2, -0.15) is 0 Å². The van der Waals surface area contributed by atoms with Gasteiger partial charge >= 0.3 is 5.97 Å². The predicted octanol–water partition coefficient (Wildman–Crippen LogP) is 6.07. The molecule has 1 atom stereocenters. The third-order valence-electron chi connectivity index (χ3n) is 6.40. The van der Waals surface area contributed by atoms with E-state index in [1.165, 1.54) is 0 Å². The number of anilines is 1. The number of para-hydroxylation sites is 1. The highest BCUT2D eigenvalue weighted by molar-refractivity contribution is 6.06. The van der Waals surface area contributed by atoms with Crippen LogP contribution in [0, 0.1) is 11.3 Å². The second-order valence-corrected chi connectivity index (χ2v) is 8.24. The molecule has 0 aliphatic heterocycles. The fourth-order valence-electron chi connectivity index (χ4n) is 4.30. The summed E-state index contributed by atoms with van der Waals surface area (Å²) in [6.07, 6.45) is 0.747. The molecule has 0 fully saturated rings. The van der Waals surface area contributed by atoms with Crippen molar-refractivity contribution in [3.8, 4) is 11.1 Å². The number of ketones is 1. The van der Waals surface area contributed by atoms with Crippen molar-refractivity contribution < 1.29 is 19.5 Å². The van der Waals surface area contributed by atoms with Gasteiger partial charge in [0, 0.05) is 17.7 Å². The van der Waals surface area contributed by atoms with Crippen LogP contribution in [0.2, 0.25) is 0 Å². The molecule has 5 heteroatoms. The number of carbonyl (C=O) groups is 3. The number of carbonyl (C=O) groups excluding carboxylic acids is 2. The molecule has 0 bridgehead atoms. The molecule has 0 spiro atoms. The Labute approximate surface area is 194 Å². The van der Waals surface area contributed by atoms with Crippen molar-refractivity contribution in [1.29, 1.82) is 0 Å². The maximum absolute atomic E-state index is 13.2. The van der Waals surface area contributed by atoms with E-state index in [4.69, 9.17) is 0 Å². The minimum atomic E-state index is -1.35.